The lowest BCUT2D eigenvalue weighted by atomic mass is 10.1. The molecule has 0 atom stereocenters. The van der Waals surface area contributed by atoms with Crippen LogP contribution >= 0.6 is 15.9 Å². The summed E-state index contributed by atoms with van der Waals surface area (Å²) in [5.74, 6) is -1.72. The maximum Gasteiger partial charge on any atom is 0.154 e. The summed E-state index contributed by atoms with van der Waals surface area (Å²) in [6.45, 7) is 2.83. The minimum Gasteiger partial charge on any atom is -0.391 e. The molecule has 2 aromatic heterocycles. The molecule has 0 radical (unpaired) electrons. The molecule has 0 saturated carbocycles. The average molecular weight is 537 g/mol. The Morgan fingerprint density at radius 3 is 2.26 bits per heavy atom. The largest absolute Gasteiger partial charge is 0.391 e. The van der Waals surface area contributed by atoms with E-state index in [0.717, 1.165) is 17.1 Å². The van der Waals surface area contributed by atoms with Crippen LogP contribution in [-0.2, 0) is 19.7 Å². The van der Waals surface area contributed by atoms with Gasteiger partial charge in [0.2, 0.25) is 0 Å². The van der Waals surface area contributed by atoms with Crippen LogP contribution in [0.15, 0.2) is 59.9 Å². The molecule has 0 spiro atoms. The molecule has 2 heterocycles. The Morgan fingerprint density at radius 1 is 1.00 bits per heavy atom. The van der Waals surface area contributed by atoms with E-state index in [2.05, 4.69) is 41.2 Å². The molecule has 0 aliphatic heterocycles. The first-order chi connectivity index (χ1) is 16.4. The number of aliphatic hydroxyl groups is 1. The number of aromatic amines is 2. The Morgan fingerprint density at radius 2 is 1.68 bits per heavy atom. The summed E-state index contributed by atoms with van der Waals surface area (Å²) in [6, 6.07) is 7.35. The maximum absolute atomic E-state index is 14.1. The van der Waals surface area contributed by atoms with Gasteiger partial charge in [0.15, 0.2) is 5.82 Å². The fourth-order valence-electron chi connectivity index (χ4n) is 3.10. The van der Waals surface area contributed by atoms with Crippen molar-refractivity contribution in [3.63, 3.8) is 0 Å². The molecule has 0 bridgehead atoms. The number of aliphatic hydroxyl groups excluding tert-OH is 1. The van der Waals surface area contributed by atoms with Crippen molar-refractivity contribution >= 4 is 27.3 Å². The van der Waals surface area contributed by atoms with Crippen molar-refractivity contribution in [2.45, 2.75) is 26.6 Å². The van der Waals surface area contributed by atoms with E-state index in [1.54, 1.807) is 42.1 Å². The van der Waals surface area contributed by atoms with E-state index >= 15 is 0 Å². The van der Waals surface area contributed by atoms with Crippen LogP contribution in [0.4, 0.5) is 24.5 Å². The Labute approximate surface area is 203 Å². The number of aromatic nitrogens is 4. The maximum atomic E-state index is 14.1. The van der Waals surface area contributed by atoms with Gasteiger partial charge in [-0.3, -0.25) is 0 Å². The molecule has 0 amide bonds. The van der Waals surface area contributed by atoms with Crippen LogP contribution in [-0.4, -0.2) is 31.6 Å². The van der Waals surface area contributed by atoms with Gasteiger partial charge >= 0.3 is 0 Å². The predicted molar refractivity (Wildman–Crippen MR) is 128 cm³/mol. The molecule has 4 aromatic rings. The van der Waals surface area contributed by atoms with Gasteiger partial charge in [0.05, 0.1) is 59.5 Å². The summed E-state index contributed by atoms with van der Waals surface area (Å²) in [5, 5.41) is 12.2. The zero-order chi connectivity index (χ0) is 24.5. The Balaban J connectivity index is 0.000000196. The summed E-state index contributed by atoms with van der Waals surface area (Å²) in [5.41, 5.74) is 2.63. The quantitative estimate of drug-likeness (QED) is 0.250. The first-order valence-electron chi connectivity index (χ1n) is 10.4. The number of H-pyrrole nitrogens is 2. The molecule has 7 nitrogen and oxygen atoms in total. The normalized spacial score (nSPS) is 10.5. The van der Waals surface area contributed by atoms with Crippen molar-refractivity contribution < 1.29 is 18.3 Å². The highest BCUT2D eigenvalue weighted by molar-refractivity contribution is 9.10. The summed E-state index contributed by atoms with van der Waals surface area (Å²) in [6.07, 6.45) is 6.56. The standard InChI is InChI=1S/C13H15F2N3O.C10H9BrFN3/c1-2-18(6-9-5-16-8-17-9)12-4-3-11(14)10(7-19)13(12)15;11-9-3-7(1-2-10(9)12)14-5-8-4-13-6-15-8/h3-5,8,19H,2,6-7H2,1H3,(H,16,17);1-4,6,14H,5H2,(H,13,15). The van der Waals surface area contributed by atoms with Crippen molar-refractivity contribution in [1.82, 2.24) is 19.9 Å². The summed E-state index contributed by atoms with van der Waals surface area (Å²) < 4.78 is 40.8. The van der Waals surface area contributed by atoms with Crippen LogP contribution in [0, 0.1) is 17.5 Å². The van der Waals surface area contributed by atoms with E-state index in [9.17, 15) is 13.2 Å². The fraction of sp³-hybridized carbons (Fsp3) is 0.217. The molecule has 0 aliphatic rings. The van der Waals surface area contributed by atoms with E-state index in [0.29, 0.717) is 24.1 Å². The molecule has 0 fully saturated rings. The number of nitrogens with zero attached hydrogens (tertiary/aromatic N) is 3. The summed E-state index contributed by atoms with van der Waals surface area (Å²) >= 11 is 3.13. The van der Waals surface area contributed by atoms with Gasteiger partial charge in [-0.2, -0.15) is 0 Å². The number of hydrogen-bond donors (Lipinski definition) is 4. The molecule has 11 heteroatoms. The second-order valence-corrected chi connectivity index (χ2v) is 8.02. The van der Waals surface area contributed by atoms with E-state index in [1.165, 1.54) is 18.2 Å². The van der Waals surface area contributed by atoms with Gasteiger partial charge in [0.1, 0.15) is 11.6 Å². The number of benzene rings is 2. The molecule has 0 aliphatic carbocycles. The van der Waals surface area contributed by atoms with Gasteiger partial charge in [0.25, 0.3) is 0 Å². The number of hydrogen-bond acceptors (Lipinski definition) is 5. The highest BCUT2D eigenvalue weighted by atomic mass is 79.9. The third-order valence-electron chi connectivity index (χ3n) is 4.92. The van der Waals surface area contributed by atoms with E-state index < -0.39 is 18.2 Å². The van der Waals surface area contributed by atoms with Crippen LogP contribution in [0.2, 0.25) is 0 Å². The predicted octanol–water partition coefficient (Wildman–Crippen LogP) is 5.13. The van der Waals surface area contributed by atoms with E-state index in [1.807, 2.05) is 6.92 Å². The third-order valence-corrected chi connectivity index (χ3v) is 5.53. The highest BCUT2D eigenvalue weighted by Gasteiger charge is 2.17. The molecule has 4 N–H and O–H groups in total. The average Bonchev–Trinajstić information content (AvgIpc) is 3.54. The van der Waals surface area contributed by atoms with Gasteiger partial charge in [-0.05, 0) is 53.2 Å². The van der Waals surface area contributed by atoms with Crippen LogP contribution in [0.25, 0.3) is 0 Å². The van der Waals surface area contributed by atoms with Crippen LogP contribution in [0.3, 0.4) is 0 Å². The van der Waals surface area contributed by atoms with Crippen LogP contribution in [0.1, 0.15) is 23.9 Å². The van der Waals surface area contributed by atoms with E-state index in [-0.39, 0.29) is 17.1 Å². The van der Waals surface area contributed by atoms with Crippen LogP contribution in [0.5, 0.6) is 0 Å². The second-order valence-electron chi connectivity index (χ2n) is 7.17. The lowest BCUT2D eigenvalue weighted by molar-refractivity contribution is 0.269. The first kappa shape index (κ1) is 25.3. The van der Waals surface area contributed by atoms with Crippen molar-refractivity contribution in [2.75, 3.05) is 16.8 Å². The van der Waals surface area contributed by atoms with Crippen molar-refractivity contribution in [3.05, 3.63) is 94.3 Å². The van der Waals surface area contributed by atoms with Gasteiger partial charge < -0.3 is 25.3 Å². The van der Waals surface area contributed by atoms with Crippen molar-refractivity contribution in [2.24, 2.45) is 0 Å². The highest BCUT2D eigenvalue weighted by Crippen LogP contribution is 2.26. The molecule has 4 rings (SSSR count). The monoisotopic (exact) mass is 536 g/mol. The second kappa shape index (κ2) is 12.2. The van der Waals surface area contributed by atoms with E-state index in [4.69, 9.17) is 5.11 Å². The first-order valence-corrected chi connectivity index (χ1v) is 11.2. The molecular weight excluding hydrogens is 513 g/mol. The lowest BCUT2D eigenvalue weighted by Crippen LogP contribution is -2.24. The minimum absolute atomic E-state index is 0.262. The smallest absolute Gasteiger partial charge is 0.154 e. The topological polar surface area (TPSA) is 92.9 Å². The number of halogens is 4. The summed E-state index contributed by atoms with van der Waals surface area (Å²) in [4.78, 5) is 15.4. The summed E-state index contributed by atoms with van der Waals surface area (Å²) in [7, 11) is 0. The zero-order valence-corrected chi connectivity index (χ0v) is 19.9. The number of imidazole rings is 2. The molecule has 34 heavy (non-hydrogen) atoms. The molecular formula is C23H24BrF3N6O. The van der Waals surface area contributed by atoms with Gasteiger partial charge in [-0.15, -0.1) is 0 Å². The molecule has 0 saturated heterocycles. The van der Waals surface area contributed by atoms with Gasteiger partial charge in [-0.25, -0.2) is 23.1 Å². The Kier molecular flexibility index (Phi) is 9.11. The lowest BCUT2D eigenvalue weighted by Gasteiger charge is -2.23. The zero-order valence-electron chi connectivity index (χ0n) is 18.3. The Hall–Kier alpha value is -3.31. The molecule has 0 unspecified atom stereocenters. The number of rotatable bonds is 8. The van der Waals surface area contributed by atoms with Gasteiger partial charge in [-0.1, -0.05) is 0 Å². The number of nitrogens with one attached hydrogen (secondary N) is 3. The van der Waals surface area contributed by atoms with Crippen molar-refractivity contribution in [3.8, 4) is 0 Å². The molecule has 180 valence electrons. The van der Waals surface area contributed by atoms with Gasteiger partial charge in [0, 0.05) is 24.6 Å². The fourth-order valence-corrected chi connectivity index (χ4v) is 3.48. The van der Waals surface area contributed by atoms with Crippen molar-refractivity contribution in [1.29, 1.82) is 0 Å². The molecule has 2 aromatic carbocycles. The third kappa shape index (κ3) is 6.61. The Bertz CT molecular complexity index is 1170. The SMILES string of the molecule is CCN(Cc1cnc[nH]1)c1ccc(F)c(CO)c1F.Fc1ccc(NCc2cnc[nH]2)cc1Br. The number of anilines is 2. The minimum atomic E-state index is -0.735. The van der Waals surface area contributed by atoms with Crippen LogP contribution < -0.4 is 10.2 Å².